The summed E-state index contributed by atoms with van der Waals surface area (Å²) in [6.45, 7) is 4.47. The van der Waals surface area contributed by atoms with Crippen LogP contribution in [0.5, 0.6) is 0 Å². The molecule has 1 spiro atoms. The molecule has 2 saturated heterocycles. The molecular weight excluding hydrogens is 416 g/mol. The minimum Gasteiger partial charge on any atom is -0.480 e. The Morgan fingerprint density at radius 3 is 2.56 bits per heavy atom. The van der Waals surface area contributed by atoms with Gasteiger partial charge in [0.2, 0.25) is 5.91 Å². The maximum Gasteiger partial charge on any atom is 0.326 e. The Morgan fingerprint density at radius 1 is 1.25 bits per heavy atom. The predicted octanol–water partition coefficient (Wildman–Crippen LogP) is 1.35. The number of nitrogens with zero attached hydrogens (tertiary/aromatic N) is 1. The van der Waals surface area contributed by atoms with E-state index in [0.29, 0.717) is 32.5 Å². The molecule has 2 heterocycles. The molecule has 1 aromatic rings. The lowest BCUT2D eigenvalue weighted by molar-refractivity contribution is -0.205. The molecule has 0 saturated carbocycles. The highest BCUT2D eigenvalue weighted by atomic mass is 16.7. The number of nitrogens with one attached hydrogen (secondary N) is 1. The van der Waals surface area contributed by atoms with Crippen molar-refractivity contribution in [2.24, 2.45) is 0 Å². The van der Waals surface area contributed by atoms with Crippen LogP contribution in [0.1, 0.15) is 38.7 Å². The van der Waals surface area contributed by atoms with Gasteiger partial charge in [0.05, 0.1) is 32.4 Å². The largest absolute Gasteiger partial charge is 0.480 e. The van der Waals surface area contributed by atoms with E-state index in [9.17, 15) is 19.5 Å². The highest BCUT2D eigenvalue weighted by Crippen LogP contribution is 2.33. The van der Waals surface area contributed by atoms with Crippen LogP contribution < -0.4 is 5.32 Å². The lowest BCUT2D eigenvalue weighted by Gasteiger charge is -2.43. The number of aryl methyl sites for hydroxylation is 1. The number of carbonyl (C=O) groups excluding carboxylic acids is 2. The number of piperidine rings is 1. The molecule has 0 radical (unpaired) electrons. The molecule has 2 aliphatic rings. The quantitative estimate of drug-likeness (QED) is 0.544. The monoisotopic (exact) mass is 448 g/mol. The molecular formula is C23H32N2O7. The van der Waals surface area contributed by atoms with Gasteiger partial charge < -0.3 is 24.2 Å². The Bertz CT molecular complexity index is 795. The summed E-state index contributed by atoms with van der Waals surface area (Å²) < 4.78 is 16.6. The normalized spacial score (nSPS) is 21.8. The zero-order valence-corrected chi connectivity index (χ0v) is 18.6. The SMILES string of the molecule is CCOC(=O)C(CCc1ccccc1)N[C@@H](C)C(=O)N1CC2(CCC1C(=O)O)OCCO2. The number of ether oxygens (including phenoxy) is 3. The van der Waals surface area contributed by atoms with E-state index >= 15 is 0 Å². The fraction of sp³-hybridized carbons (Fsp3) is 0.609. The van der Waals surface area contributed by atoms with Crippen molar-refractivity contribution < 1.29 is 33.7 Å². The number of benzene rings is 1. The Kier molecular flexibility index (Phi) is 8.22. The summed E-state index contributed by atoms with van der Waals surface area (Å²) in [6.07, 6.45) is 1.73. The fourth-order valence-electron chi connectivity index (χ4n) is 4.27. The van der Waals surface area contributed by atoms with Gasteiger partial charge in [0.1, 0.15) is 12.1 Å². The van der Waals surface area contributed by atoms with Gasteiger partial charge in [-0.3, -0.25) is 14.9 Å². The van der Waals surface area contributed by atoms with Gasteiger partial charge in [-0.05, 0) is 38.7 Å². The Hall–Kier alpha value is -2.49. The number of rotatable bonds is 9. The highest BCUT2D eigenvalue weighted by Gasteiger charge is 2.48. The summed E-state index contributed by atoms with van der Waals surface area (Å²) in [5, 5.41) is 12.7. The molecule has 2 unspecified atom stereocenters. The van der Waals surface area contributed by atoms with Gasteiger partial charge in [0, 0.05) is 6.42 Å². The summed E-state index contributed by atoms with van der Waals surface area (Å²) in [5.74, 6) is -2.86. The first-order valence-electron chi connectivity index (χ1n) is 11.1. The maximum atomic E-state index is 13.3. The molecule has 1 amide bonds. The van der Waals surface area contributed by atoms with Crippen LogP contribution in [0.3, 0.4) is 0 Å². The molecule has 3 atom stereocenters. The summed E-state index contributed by atoms with van der Waals surface area (Å²) in [4.78, 5) is 38.9. The van der Waals surface area contributed by atoms with Crippen LogP contribution in [0, 0.1) is 0 Å². The molecule has 1 aromatic carbocycles. The molecule has 0 aromatic heterocycles. The van der Waals surface area contributed by atoms with Crippen molar-refractivity contribution in [2.45, 2.75) is 63.4 Å². The van der Waals surface area contributed by atoms with Crippen molar-refractivity contribution in [3.05, 3.63) is 35.9 Å². The van der Waals surface area contributed by atoms with Crippen LogP contribution in [-0.2, 0) is 35.0 Å². The van der Waals surface area contributed by atoms with E-state index < -0.39 is 41.8 Å². The lowest BCUT2D eigenvalue weighted by Crippen LogP contribution is -2.61. The zero-order valence-electron chi connectivity index (χ0n) is 18.6. The van der Waals surface area contributed by atoms with Gasteiger partial charge >= 0.3 is 11.9 Å². The number of esters is 1. The van der Waals surface area contributed by atoms with Gasteiger partial charge in [0.15, 0.2) is 5.79 Å². The molecule has 3 rings (SSSR count). The van der Waals surface area contributed by atoms with E-state index in [4.69, 9.17) is 14.2 Å². The average molecular weight is 449 g/mol. The zero-order chi connectivity index (χ0) is 23.1. The van der Waals surface area contributed by atoms with E-state index in [1.807, 2.05) is 30.3 Å². The second-order valence-electron chi connectivity index (χ2n) is 8.18. The number of hydrogen-bond acceptors (Lipinski definition) is 7. The minimum atomic E-state index is -1.07. The number of hydrogen-bond donors (Lipinski definition) is 2. The number of amides is 1. The van der Waals surface area contributed by atoms with Gasteiger partial charge in [-0.25, -0.2) is 4.79 Å². The maximum absolute atomic E-state index is 13.3. The smallest absolute Gasteiger partial charge is 0.326 e. The fourth-order valence-corrected chi connectivity index (χ4v) is 4.27. The average Bonchev–Trinajstić information content (AvgIpc) is 3.24. The predicted molar refractivity (Wildman–Crippen MR) is 115 cm³/mol. The van der Waals surface area contributed by atoms with Crippen molar-refractivity contribution >= 4 is 17.8 Å². The second-order valence-corrected chi connectivity index (χ2v) is 8.18. The number of likely N-dealkylation sites (tertiary alicyclic amines) is 1. The highest BCUT2D eigenvalue weighted by molar-refractivity contribution is 5.88. The van der Waals surface area contributed by atoms with Crippen LogP contribution >= 0.6 is 0 Å². The van der Waals surface area contributed by atoms with Gasteiger partial charge in [0.25, 0.3) is 0 Å². The summed E-state index contributed by atoms with van der Waals surface area (Å²) in [5.41, 5.74) is 1.07. The van der Waals surface area contributed by atoms with Crippen molar-refractivity contribution in [2.75, 3.05) is 26.4 Å². The number of aliphatic carboxylic acids is 1. The number of carbonyl (C=O) groups is 3. The first kappa shape index (κ1) is 24.2. The Labute approximate surface area is 188 Å². The Morgan fingerprint density at radius 2 is 1.94 bits per heavy atom. The van der Waals surface area contributed by atoms with Crippen molar-refractivity contribution in [3.8, 4) is 0 Å². The molecule has 2 aliphatic heterocycles. The molecule has 32 heavy (non-hydrogen) atoms. The first-order chi connectivity index (χ1) is 15.3. The third kappa shape index (κ3) is 5.85. The minimum absolute atomic E-state index is 0.0446. The molecule has 2 fully saturated rings. The summed E-state index contributed by atoms with van der Waals surface area (Å²) in [6, 6.07) is 7.28. The number of carboxylic acids is 1. The van der Waals surface area contributed by atoms with E-state index in [-0.39, 0.29) is 19.6 Å². The van der Waals surface area contributed by atoms with Crippen molar-refractivity contribution in [1.82, 2.24) is 10.2 Å². The van der Waals surface area contributed by atoms with Crippen LogP contribution in [-0.4, -0.2) is 78.1 Å². The first-order valence-corrected chi connectivity index (χ1v) is 11.1. The van der Waals surface area contributed by atoms with E-state index in [1.165, 1.54) is 4.90 Å². The lowest BCUT2D eigenvalue weighted by atomic mass is 9.96. The van der Waals surface area contributed by atoms with E-state index in [2.05, 4.69) is 5.32 Å². The topological polar surface area (TPSA) is 114 Å². The molecule has 0 aliphatic carbocycles. The molecule has 176 valence electrons. The molecule has 2 N–H and O–H groups in total. The summed E-state index contributed by atoms with van der Waals surface area (Å²) >= 11 is 0. The van der Waals surface area contributed by atoms with Crippen LogP contribution in [0.15, 0.2) is 30.3 Å². The number of carboxylic acid groups (broad SMARTS) is 1. The molecule has 9 heteroatoms. The third-order valence-corrected chi connectivity index (χ3v) is 5.93. The third-order valence-electron chi connectivity index (χ3n) is 5.93. The summed E-state index contributed by atoms with van der Waals surface area (Å²) in [7, 11) is 0. The van der Waals surface area contributed by atoms with Gasteiger partial charge in [-0.15, -0.1) is 0 Å². The Balaban J connectivity index is 1.69. The molecule has 0 bridgehead atoms. The standard InChI is InChI=1S/C23H32N2O7/c1-3-30-22(29)18(10-9-17-7-5-4-6-8-17)24-16(2)20(26)25-15-23(31-13-14-32-23)12-11-19(25)21(27)28/h4-8,16,18-19,24H,3,9-15H2,1-2H3,(H,27,28)/t16-,18?,19?/m0/s1. The second kappa shape index (κ2) is 10.9. The van der Waals surface area contributed by atoms with Gasteiger partial charge in [-0.1, -0.05) is 30.3 Å². The van der Waals surface area contributed by atoms with Crippen LogP contribution in [0.4, 0.5) is 0 Å². The van der Waals surface area contributed by atoms with Crippen molar-refractivity contribution in [1.29, 1.82) is 0 Å². The molecule has 9 nitrogen and oxygen atoms in total. The van der Waals surface area contributed by atoms with Gasteiger partial charge in [-0.2, -0.15) is 0 Å². The van der Waals surface area contributed by atoms with Crippen molar-refractivity contribution in [3.63, 3.8) is 0 Å². The van der Waals surface area contributed by atoms with Crippen LogP contribution in [0.2, 0.25) is 0 Å². The van der Waals surface area contributed by atoms with E-state index in [0.717, 1.165) is 5.56 Å². The van der Waals surface area contributed by atoms with Crippen LogP contribution in [0.25, 0.3) is 0 Å². The van der Waals surface area contributed by atoms with E-state index in [1.54, 1.807) is 13.8 Å².